The number of hydrogen-bond donors (Lipinski definition) is 1. The minimum Gasteiger partial charge on any atom is -0.395 e. The van der Waals surface area contributed by atoms with Crippen LogP contribution in [-0.2, 0) is 10.0 Å². The summed E-state index contributed by atoms with van der Waals surface area (Å²) in [6.45, 7) is 0.331. The van der Waals surface area contributed by atoms with E-state index in [1.54, 1.807) is 19.2 Å². The fourth-order valence-electron chi connectivity index (χ4n) is 5.41. The smallest absolute Gasteiger partial charge is 0.211 e. The van der Waals surface area contributed by atoms with E-state index < -0.39 is 21.9 Å². The van der Waals surface area contributed by atoms with Gasteiger partial charge in [-0.25, -0.2) is 27.2 Å². The number of rotatable bonds is 7. The Morgan fingerprint density at radius 3 is 2.52 bits per heavy atom. The fourth-order valence-corrected chi connectivity index (χ4v) is 7.36. The van der Waals surface area contributed by atoms with Crippen molar-refractivity contribution < 1.29 is 22.3 Å². The van der Waals surface area contributed by atoms with Crippen molar-refractivity contribution in [3.63, 3.8) is 0 Å². The number of nitriles is 1. The molecule has 2 aromatic carbocycles. The van der Waals surface area contributed by atoms with Crippen molar-refractivity contribution in [1.82, 2.24) is 14.3 Å². The van der Waals surface area contributed by atoms with Crippen LogP contribution in [0, 0.1) is 23.0 Å². The molecule has 42 heavy (non-hydrogen) atoms. The van der Waals surface area contributed by atoms with Crippen LogP contribution in [0.4, 0.5) is 25.3 Å². The highest BCUT2D eigenvalue weighted by atomic mass is 32.2. The molecule has 1 unspecified atom stereocenters. The summed E-state index contributed by atoms with van der Waals surface area (Å²) in [7, 11) is -1.71. The lowest BCUT2D eigenvalue weighted by atomic mass is 10.1. The van der Waals surface area contributed by atoms with Gasteiger partial charge in [-0.1, -0.05) is 11.3 Å². The Balaban J connectivity index is 1.43. The fraction of sp³-hybridized carbons (Fsp3) is 0.345. The van der Waals surface area contributed by atoms with Crippen molar-refractivity contribution >= 4 is 48.8 Å². The van der Waals surface area contributed by atoms with E-state index in [0.29, 0.717) is 44.6 Å². The minimum absolute atomic E-state index is 0.164. The number of aliphatic hydroxyl groups is 1. The zero-order chi connectivity index (χ0) is 29.8. The van der Waals surface area contributed by atoms with Gasteiger partial charge in [0.15, 0.2) is 10.9 Å². The number of benzene rings is 2. The van der Waals surface area contributed by atoms with E-state index in [4.69, 9.17) is 4.98 Å². The third-order valence-electron chi connectivity index (χ3n) is 7.76. The molecule has 13 heteroatoms. The largest absolute Gasteiger partial charge is 0.395 e. The maximum atomic E-state index is 15.8. The lowest BCUT2D eigenvalue weighted by Crippen LogP contribution is -2.56. The number of fused-ring (bicyclic) bond motifs is 1. The maximum absolute atomic E-state index is 15.8. The van der Waals surface area contributed by atoms with Crippen molar-refractivity contribution in [3.8, 4) is 17.3 Å². The quantitative estimate of drug-likeness (QED) is 0.323. The van der Waals surface area contributed by atoms with E-state index in [1.807, 2.05) is 21.9 Å². The number of nitrogens with zero attached hydrogens (tertiary/aromatic N) is 6. The van der Waals surface area contributed by atoms with Crippen LogP contribution in [0.2, 0.25) is 0 Å². The van der Waals surface area contributed by atoms with Gasteiger partial charge in [0, 0.05) is 54.9 Å². The number of thiazole rings is 1. The molecule has 2 aliphatic rings. The predicted molar refractivity (Wildman–Crippen MR) is 159 cm³/mol. The normalized spacial score (nSPS) is 17.9. The van der Waals surface area contributed by atoms with Crippen LogP contribution in [0.3, 0.4) is 0 Å². The first-order valence-electron chi connectivity index (χ1n) is 13.4. The monoisotopic (exact) mass is 610 g/mol. The molecule has 1 saturated carbocycles. The second-order valence-electron chi connectivity index (χ2n) is 10.7. The Bertz CT molecular complexity index is 1820. The van der Waals surface area contributed by atoms with Gasteiger partial charge in [0.2, 0.25) is 10.0 Å². The van der Waals surface area contributed by atoms with Gasteiger partial charge in [-0.2, -0.15) is 9.57 Å². The topological polar surface area (TPSA) is 114 Å². The Hall–Kier alpha value is -3.70. The standard InChI is InChI=1S/C29H28F2N6O3S2/c1-35(29-34-27(26(14-32)41-29)18-5-7-19(30)8-6-18)25-13-24(17-3-4-17)33-28-22(25)11-20(12-23(28)31)36-9-10-37(42(2,39)40)21(15-36)16-38/h5-8,11-13,17,21,38H,3-4,9-10,15-16H2,1-2H3. The van der Waals surface area contributed by atoms with Crippen LogP contribution >= 0.6 is 11.3 Å². The number of aliphatic hydroxyl groups excluding tert-OH is 1. The molecule has 4 aromatic rings. The van der Waals surface area contributed by atoms with E-state index in [9.17, 15) is 23.2 Å². The summed E-state index contributed by atoms with van der Waals surface area (Å²) in [5.74, 6) is -0.646. The first-order valence-corrected chi connectivity index (χ1v) is 16.1. The summed E-state index contributed by atoms with van der Waals surface area (Å²) in [6, 6.07) is 12.5. The molecule has 0 spiro atoms. The highest BCUT2D eigenvalue weighted by Gasteiger charge is 2.33. The van der Waals surface area contributed by atoms with Crippen LogP contribution in [0.5, 0.6) is 0 Å². The second-order valence-corrected chi connectivity index (χ2v) is 13.6. The van der Waals surface area contributed by atoms with Crippen molar-refractivity contribution in [2.45, 2.75) is 24.8 Å². The van der Waals surface area contributed by atoms with Crippen LogP contribution in [-0.4, -0.2) is 73.4 Å². The van der Waals surface area contributed by atoms with Crippen molar-refractivity contribution in [1.29, 1.82) is 5.26 Å². The number of piperazine rings is 1. The third-order valence-corrected chi connectivity index (χ3v) is 10.1. The van der Waals surface area contributed by atoms with Gasteiger partial charge in [0.1, 0.15) is 28.0 Å². The Morgan fingerprint density at radius 2 is 1.88 bits per heavy atom. The molecule has 3 heterocycles. The summed E-state index contributed by atoms with van der Waals surface area (Å²) in [5, 5.41) is 20.8. The van der Waals surface area contributed by atoms with Gasteiger partial charge in [-0.15, -0.1) is 0 Å². The first-order chi connectivity index (χ1) is 20.1. The summed E-state index contributed by atoms with van der Waals surface area (Å²) < 4.78 is 55.0. The minimum atomic E-state index is -3.51. The van der Waals surface area contributed by atoms with E-state index >= 15 is 4.39 Å². The van der Waals surface area contributed by atoms with Gasteiger partial charge < -0.3 is 14.9 Å². The molecule has 2 fully saturated rings. The highest BCUT2D eigenvalue weighted by molar-refractivity contribution is 7.88. The molecule has 218 valence electrons. The summed E-state index contributed by atoms with van der Waals surface area (Å²) in [4.78, 5) is 13.5. The lowest BCUT2D eigenvalue weighted by molar-refractivity contribution is 0.176. The Labute approximate surface area is 246 Å². The van der Waals surface area contributed by atoms with E-state index in [-0.39, 0.29) is 36.9 Å². The molecular weight excluding hydrogens is 582 g/mol. The van der Waals surface area contributed by atoms with Gasteiger partial charge in [-0.05, 0) is 55.3 Å². The average molecular weight is 611 g/mol. The highest BCUT2D eigenvalue weighted by Crippen LogP contribution is 2.44. The number of pyridine rings is 1. The summed E-state index contributed by atoms with van der Waals surface area (Å²) >= 11 is 1.19. The second kappa shape index (κ2) is 10.9. The molecular formula is C29H28F2N6O3S2. The Kier molecular flexibility index (Phi) is 7.34. The molecule has 1 N–H and O–H groups in total. The van der Waals surface area contributed by atoms with Crippen LogP contribution in [0.25, 0.3) is 22.2 Å². The summed E-state index contributed by atoms with van der Waals surface area (Å²) in [5.41, 5.74) is 3.27. The van der Waals surface area contributed by atoms with Gasteiger partial charge in [-0.3, -0.25) is 0 Å². The average Bonchev–Trinajstić information content (AvgIpc) is 3.74. The number of halogens is 2. The van der Waals surface area contributed by atoms with Crippen molar-refractivity contribution in [2.75, 3.05) is 49.3 Å². The van der Waals surface area contributed by atoms with E-state index in [2.05, 4.69) is 11.1 Å². The molecule has 0 radical (unpaired) electrons. The van der Waals surface area contributed by atoms with Gasteiger partial charge in [0.05, 0.1) is 24.6 Å². The third kappa shape index (κ3) is 5.31. The van der Waals surface area contributed by atoms with Crippen LogP contribution in [0.15, 0.2) is 42.5 Å². The maximum Gasteiger partial charge on any atom is 0.211 e. The van der Waals surface area contributed by atoms with E-state index in [0.717, 1.165) is 24.8 Å². The molecule has 1 aliphatic carbocycles. The molecule has 1 atom stereocenters. The Morgan fingerprint density at radius 1 is 1.14 bits per heavy atom. The van der Waals surface area contributed by atoms with Crippen LogP contribution in [0.1, 0.15) is 29.3 Å². The number of hydrogen-bond acceptors (Lipinski definition) is 9. The molecule has 0 bridgehead atoms. The van der Waals surface area contributed by atoms with Crippen LogP contribution < -0.4 is 9.80 Å². The van der Waals surface area contributed by atoms with E-state index in [1.165, 1.54) is 33.8 Å². The number of sulfonamides is 1. The number of anilines is 3. The first kappa shape index (κ1) is 28.4. The predicted octanol–water partition coefficient (Wildman–Crippen LogP) is 4.60. The molecule has 2 aromatic heterocycles. The molecule has 0 amide bonds. The SMILES string of the molecule is CN(c1nc(-c2ccc(F)cc2)c(C#N)s1)c1cc(C2CC2)nc2c(F)cc(N3CCN(S(C)(=O)=O)C(CO)C3)cc12. The van der Waals surface area contributed by atoms with Gasteiger partial charge >= 0.3 is 0 Å². The summed E-state index contributed by atoms with van der Waals surface area (Å²) in [6.07, 6.45) is 3.06. The van der Waals surface area contributed by atoms with Crippen molar-refractivity contribution in [3.05, 3.63) is 64.7 Å². The zero-order valence-electron chi connectivity index (χ0n) is 23.0. The number of aromatic nitrogens is 2. The van der Waals surface area contributed by atoms with Crippen molar-refractivity contribution in [2.24, 2.45) is 0 Å². The lowest BCUT2D eigenvalue weighted by Gasteiger charge is -2.40. The molecule has 6 rings (SSSR count). The van der Waals surface area contributed by atoms with Gasteiger partial charge in [0.25, 0.3) is 0 Å². The molecule has 1 saturated heterocycles. The molecule has 1 aliphatic heterocycles. The molecule has 9 nitrogen and oxygen atoms in total. The zero-order valence-corrected chi connectivity index (χ0v) is 24.6.